The van der Waals surface area contributed by atoms with Crippen LogP contribution in [0, 0.1) is 0 Å². The van der Waals surface area contributed by atoms with Gasteiger partial charge in [-0.3, -0.25) is 9.59 Å². The molecule has 0 saturated heterocycles. The summed E-state index contributed by atoms with van der Waals surface area (Å²) in [5.41, 5.74) is 0. The molecule has 162 valence electrons. The highest BCUT2D eigenvalue weighted by atomic mass is 16.2. The zero-order chi connectivity index (χ0) is 21.4. The molecule has 0 aromatic heterocycles. The van der Waals surface area contributed by atoms with E-state index in [1.54, 1.807) is 0 Å². The van der Waals surface area contributed by atoms with Gasteiger partial charge >= 0.3 is 0 Å². The van der Waals surface area contributed by atoms with Crippen LogP contribution in [0.25, 0.3) is 0 Å². The third-order valence-corrected chi connectivity index (χ3v) is 5.15. The van der Waals surface area contributed by atoms with Gasteiger partial charge in [0.15, 0.2) is 0 Å². The summed E-state index contributed by atoms with van der Waals surface area (Å²) in [5.74, 6) is -0.186. The second-order valence-electron chi connectivity index (χ2n) is 8.34. The number of carbonyl (C=O) groups is 2. The molecule has 0 radical (unpaired) electrons. The van der Waals surface area contributed by atoms with Gasteiger partial charge in [0.25, 0.3) is 0 Å². The smallest absolute Gasteiger partial charge is 0.243 e. The molecule has 6 heteroatoms. The first-order valence-corrected chi connectivity index (χ1v) is 10.5. The van der Waals surface area contributed by atoms with E-state index in [2.05, 4.69) is 56.9 Å². The minimum absolute atomic E-state index is 0.0924. The summed E-state index contributed by atoms with van der Waals surface area (Å²) < 4.78 is 0.990. The van der Waals surface area contributed by atoms with Gasteiger partial charge in [-0.1, -0.05) is 19.6 Å². The number of hydrogen-bond donors (Lipinski definition) is 2. The summed E-state index contributed by atoms with van der Waals surface area (Å²) in [5, 5.41) is 5.68. The van der Waals surface area contributed by atoms with Crippen molar-refractivity contribution < 1.29 is 14.1 Å². The van der Waals surface area contributed by atoms with Crippen molar-refractivity contribution >= 4 is 11.8 Å². The molecule has 0 aliphatic rings. The molecule has 0 fully saturated rings. The van der Waals surface area contributed by atoms with E-state index in [-0.39, 0.29) is 11.8 Å². The molecular formula is C22H43N4O2+. The second-order valence-corrected chi connectivity index (χ2v) is 8.34. The van der Waals surface area contributed by atoms with Crippen molar-refractivity contribution in [1.82, 2.24) is 15.5 Å². The number of unbranched alkanes of at least 4 members (excludes halogenated alkanes) is 2. The van der Waals surface area contributed by atoms with Crippen LogP contribution >= 0.6 is 0 Å². The summed E-state index contributed by atoms with van der Waals surface area (Å²) in [4.78, 5) is 24.6. The average Bonchev–Trinajstić information content (AvgIpc) is 2.65. The lowest BCUT2D eigenvalue weighted by Gasteiger charge is -2.30. The van der Waals surface area contributed by atoms with Crippen LogP contribution in [0.3, 0.4) is 0 Å². The Labute approximate surface area is 172 Å². The quantitative estimate of drug-likeness (QED) is 0.226. The SMILES string of the molecule is C=CC(=O)NCCCC(CCCCC[N+](C)(C)CCCNC(=O)C=C)N(C)C. The van der Waals surface area contributed by atoms with E-state index in [1.165, 1.54) is 37.8 Å². The average molecular weight is 396 g/mol. The van der Waals surface area contributed by atoms with Crippen LogP contribution in [-0.4, -0.2) is 81.6 Å². The van der Waals surface area contributed by atoms with E-state index in [1.807, 2.05) is 0 Å². The van der Waals surface area contributed by atoms with Crippen molar-refractivity contribution in [2.24, 2.45) is 0 Å². The largest absolute Gasteiger partial charge is 0.353 e. The zero-order valence-corrected chi connectivity index (χ0v) is 18.6. The predicted octanol–water partition coefficient (Wildman–Crippen LogP) is 2.33. The van der Waals surface area contributed by atoms with Gasteiger partial charge in [-0.25, -0.2) is 0 Å². The zero-order valence-electron chi connectivity index (χ0n) is 18.6. The third-order valence-electron chi connectivity index (χ3n) is 5.15. The normalized spacial score (nSPS) is 12.5. The Morgan fingerprint density at radius 3 is 1.89 bits per heavy atom. The van der Waals surface area contributed by atoms with Gasteiger partial charge in [-0.05, 0) is 58.4 Å². The Morgan fingerprint density at radius 2 is 1.36 bits per heavy atom. The lowest BCUT2D eigenvalue weighted by molar-refractivity contribution is -0.890. The van der Waals surface area contributed by atoms with Crippen molar-refractivity contribution in [3.05, 3.63) is 25.3 Å². The molecule has 0 saturated carbocycles. The van der Waals surface area contributed by atoms with Crippen molar-refractivity contribution in [3.8, 4) is 0 Å². The summed E-state index contributed by atoms with van der Waals surface area (Å²) in [7, 11) is 8.79. The molecule has 0 aliphatic carbocycles. The van der Waals surface area contributed by atoms with Crippen molar-refractivity contribution in [2.45, 2.75) is 51.0 Å². The highest BCUT2D eigenvalue weighted by molar-refractivity contribution is 5.87. The van der Waals surface area contributed by atoms with E-state index >= 15 is 0 Å². The predicted molar refractivity (Wildman–Crippen MR) is 118 cm³/mol. The summed E-state index contributed by atoms with van der Waals surface area (Å²) in [6, 6.07) is 0.566. The molecule has 1 unspecified atom stereocenters. The standard InChI is InChI=1S/C22H42N4O2/c1-7-21(27)23-16-12-15-20(25(3)4)14-10-9-11-18-26(5,6)19-13-17-24-22(28)8-2/h7-8,20H,1-2,9-19H2,3-6H3,(H-,23,24,27,28)/p+1. The van der Waals surface area contributed by atoms with Crippen molar-refractivity contribution in [3.63, 3.8) is 0 Å². The first kappa shape index (κ1) is 26.3. The van der Waals surface area contributed by atoms with Crippen LogP contribution in [0.1, 0.15) is 44.9 Å². The number of hydrogen-bond acceptors (Lipinski definition) is 3. The Kier molecular flexibility index (Phi) is 14.4. The van der Waals surface area contributed by atoms with Crippen LogP contribution in [0.2, 0.25) is 0 Å². The summed E-state index contributed by atoms with van der Waals surface area (Å²) in [6.45, 7) is 10.6. The van der Waals surface area contributed by atoms with Gasteiger partial charge in [0.1, 0.15) is 0 Å². The molecule has 0 aromatic rings. The molecule has 1 atom stereocenters. The molecule has 0 rings (SSSR count). The maximum Gasteiger partial charge on any atom is 0.243 e. The lowest BCUT2D eigenvalue weighted by atomic mass is 10.0. The minimum Gasteiger partial charge on any atom is -0.353 e. The van der Waals surface area contributed by atoms with E-state index in [9.17, 15) is 9.59 Å². The fourth-order valence-electron chi connectivity index (χ4n) is 3.28. The molecule has 0 aromatic carbocycles. The van der Waals surface area contributed by atoms with E-state index in [0.29, 0.717) is 19.1 Å². The highest BCUT2D eigenvalue weighted by Gasteiger charge is 2.15. The monoisotopic (exact) mass is 395 g/mol. The second kappa shape index (κ2) is 15.3. The van der Waals surface area contributed by atoms with Crippen LogP contribution < -0.4 is 10.6 Å². The Bertz CT molecular complexity index is 475. The van der Waals surface area contributed by atoms with Crippen LogP contribution in [0.5, 0.6) is 0 Å². The van der Waals surface area contributed by atoms with Crippen molar-refractivity contribution in [2.75, 3.05) is 54.4 Å². The van der Waals surface area contributed by atoms with Crippen LogP contribution in [0.15, 0.2) is 25.3 Å². The van der Waals surface area contributed by atoms with Gasteiger partial charge in [-0.15, -0.1) is 0 Å². The first-order valence-electron chi connectivity index (χ1n) is 10.5. The van der Waals surface area contributed by atoms with Crippen molar-refractivity contribution in [1.29, 1.82) is 0 Å². The fraction of sp³-hybridized carbons (Fsp3) is 0.727. The number of amides is 2. The van der Waals surface area contributed by atoms with Gasteiger partial charge in [0.05, 0.1) is 27.2 Å². The van der Waals surface area contributed by atoms with E-state index in [0.717, 1.165) is 36.8 Å². The molecule has 2 amide bonds. The molecule has 28 heavy (non-hydrogen) atoms. The topological polar surface area (TPSA) is 61.4 Å². The minimum atomic E-state index is -0.0937. The van der Waals surface area contributed by atoms with E-state index < -0.39 is 0 Å². The Hall–Kier alpha value is -1.66. The number of rotatable bonds is 17. The molecule has 2 N–H and O–H groups in total. The third kappa shape index (κ3) is 14.4. The number of nitrogens with one attached hydrogen (secondary N) is 2. The molecule has 0 aliphatic heterocycles. The van der Waals surface area contributed by atoms with Crippen LogP contribution in [-0.2, 0) is 9.59 Å². The molecule has 0 bridgehead atoms. The van der Waals surface area contributed by atoms with Crippen LogP contribution in [0.4, 0.5) is 0 Å². The Morgan fingerprint density at radius 1 is 0.857 bits per heavy atom. The van der Waals surface area contributed by atoms with Gasteiger partial charge < -0.3 is 20.0 Å². The lowest BCUT2D eigenvalue weighted by Crippen LogP contribution is -2.42. The molecular weight excluding hydrogens is 352 g/mol. The van der Waals surface area contributed by atoms with E-state index in [4.69, 9.17) is 0 Å². The molecule has 0 spiro atoms. The fourth-order valence-corrected chi connectivity index (χ4v) is 3.28. The summed E-state index contributed by atoms with van der Waals surface area (Å²) in [6.07, 6.45) is 10.6. The summed E-state index contributed by atoms with van der Waals surface area (Å²) >= 11 is 0. The number of carbonyl (C=O) groups excluding carboxylic acids is 2. The van der Waals surface area contributed by atoms with Gasteiger partial charge in [0.2, 0.25) is 11.8 Å². The van der Waals surface area contributed by atoms with Gasteiger partial charge in [-0.2, -0.15) is 0 Å². The first-order chi connectivity index (χ1) is 13.2. The Balaban J connectivity index is 3.90. The molecule has 0 heterocycles. The number of quaternary nitrogens is 1. The highest BCUT2D eigenvalue weighted by Crippen LogP contribution is 2.14. The number of nitrogens with zero attached hydrogens (tertiary/aromatic N) is 2. The maximum atomic E-state index is 11.2. The molecule has 6 nitrogen and oxygen atoms in total. The maximum absolute atomic E-state index is 11.2. The van der Waals surface area contributed by atoms with Gasteiger partial charge in [0, 0.05) is 25.6 Å².